The first-order valence-electron chi connectivity index (χ1n) is 7.35. The molecule has 0 aromatic carbocycles. The fourth-order valence-electron chi connectivity index (χ4n) is 3.26. The summed E-state index contributed by atoms with van der Waals surface area (Å²) in [5.41, 5.74) is 1.98. The summed E-state index contributed by atoms with van der Waals surface area (Å²) in [5.74, 6) is 1.63. The van der Waals surface area contributed by atoms with Crippen LogP contribution < -0.4 is 5.32 Å². The molecule has 3 unspecified atom stereocenters. The van der Waals surface area contributed by atoms with Gasteiger partial charge in [-0.05, 0) is 31.6 Å². The molecular formula is C15H27ClN2. The number of nitrogens with zero attached hydrogens (tertiary/aromatic N) is 1. The third-order valence-corrected chi connectivity index (χ3v) is 5.10. The van der Waals surface area contributed by atoms with Crippen LogP contribution in [-0.4, -0.2) is 36.1 Å². The lowest BCUT2D eigenvalue weighted by Gasteiger charge is -2.48. The highest BCUT2D eigenvalue weighted by Gasteiger charge is 2.46. The fourth-order valence-corrected chi connectivity index (χ4v) is 3.34. The lowest BCUT2D eigenvalue weighted by molar-refractivity contribution is 0.0571. The topological polar surface area (TPSA) is 15.3 Å². The molecule has 1 aliphatic heterocycles. The van der Waals surface area contributed by atoms with Crippen molar-refractivity contribution in [2.75, 3.05) is 19.6 Å². The van der Waals surface area contributed by atoms with E-state index in [1.165, 1.54) is 19.3 Å². The first kappa shape index (κ1) is 14.4. The van der Waals surface area contributed by atoms with Gasteiger partial charge in [-0.3, -0.25) is 4.90 Å². The van der Waals surface area contributed by atoms with Crippen molar-refractivity contribution in [3.05, 3.63) is 11.6 Å². The van der Waals surface area contributed by atoms with Crippen molar-refractivity contribution in [2.45, 2.75) is 51.6 Å². The Labute approximate surface area is 117 Å². The van der Waals surface area contributed by atoms with Crippen LogP contribution in [0.4, 0.5) is 0 Å². The molecular weight excluding hydrogens is 244 g/mol. The predicted molar refractivity (Wildman–Crippen MR) is 78.9 cm³/mol. The molecule has 2 rings (SSSR count). The van der Waals surface area contributed by atoms with Gasteiger partial charge in [-0.15, -0.1) is 0 Å². The monoisotopic (exact) mass is 270 g/mol. The van der Waals surface area contributed by atoms with Crippen LogP contribution in [0.5, 0.6) is 0 Å². The van der Waals surface area contributed by atoms with E-state index in [0.717, 1.165) is 31.5 Å². The second-order valence-corrected chi connectivity index (χ2v) is 6.57. The Kier molecular flexibility index (Phi) is 4.74. The van der Waals surface area contributed by atoms with Gasteiger partial charge in [0.05, 0.1) is 0 Å². The summed E-state index contributed by atoms with van der Waals surface area (Å²) >= 11 is 5.71. The zero-order chi connectivity index (χ0) is 13.2. The Morgan fingerprint density at radius 3 is 2.78 bits per heavy atom. The van der Waals surface area contributed by atoms with Crippen molar-refractivity contribution in [2.24, 2.45) is 11.8 Å². The zero-order valence-corrected chi connectivity index (χ0v) is 12.7. The first-order valence-corrected chi connectivity index (χ1v) is 7.78. The minimum atomic E-state index is 0.324. The van der Waals surface area contributed by atoms with Crippen molar-refractivity contribution in [3.63, 3.8) is 0 Å². The summed E-state index contributed by atoms with van der Waals surface area (Å²) in [5, 5.41) is 3.83. The number of hydrogen-bond acceptors (Lipinski definition) is 2. The molecule has 2 nitrogen and oxygen atoms in total. The van der Waals surface area contributed by atoms with Gasteiger partial charge in [0.1, 0.15) is 0 Å². The number of halogens is 1. The standard InChI is InChI=1S/C15H27ClN2/c1-4-12(2)14-10-17-15(3,13-6-7-13)11-18(14)9-5-8-16/h5,8,12-14,17H,4,6-7,9-11H2,1-3H3/b8-5+. The molecule has 0 amide bonds. The van der Waals surface area contributed by atoms with Gasteiger partial charge >= 0.3 is 0 Å². The Hall–Kier alpha value is -0.0500. The third-order valence-electron chi connectivity index (χ3n) is 4.92. The summed E-state index contributed by atoms with van der Waals surface area (Å²) in [7, 11) is 0. The molecule has 0 bridgehead atoms. The molecule has 1 heterocycles. The van der Waals surface area contributed by atoms with Gasteiger partial charge in [-0.2, -0.15) is 0 Å². The normalized spacial score (nSPS) is 36.1. The molecule has 0 spiro atoms. The zero-order valence-electron chi connectivity index (χ0n) is 12.0. The lowest BCUT2D eigenvalue weighted by Crippen LogP contribution is -2.65. The molecule has 0 aromatic heterocycles. The summed E-state index contributed by atoms with van der Waals surface area (Å²) < 4.78 is 0. The largest absolute Gasteiger partial charge is 0.308 e. The summed E-state index contributed by atoms with van der Waals surface area (Å²) in [6, 6.07) is 0.648. The minimum Gasteiger partial charge on any atom is -0.308 e. The van der Waals surface area contributed by atoms with E-state index in [0.29, 0.717) is 11.6 Å². The SMILES string of the molecule is CCC(C)C1CNC(C)(C2CC2)CN1C/C=C/Cl. The molecule has 1 saturated carbocycles. The summed E-state index contributed by atoms with van der Waals surface area (Å²) in [6.45, 7) is 10.3. The molecule has 3 atom stereocenters. The second kappa shape index (κ2) is 5.94. The van der Waals surface area contributed by atoms with E-state index < -0.39 is 0 Å². The highest BCUT2D eigenvalue weighted by atomic mass is 35.5. The Morgan fingerprint density at radius 2 is 2.22 bits per heavy atom. The number of hydrogen-bond donors (Lipinski definition) is 1. The molecule has 1 N–H and O–H groups in total. The summed E-state index contributed by atoms with van der Waals surface area (Å²) in [6.07, 6.45) is 6.12. The van der Waals surface area contributed by atoms with Crippen LogP contribution in [0.1, 0.15) is 40.0 Å². The number of rotatable bonds is 5. The van der Waals surface area contributed by atoms with Crippen LogP contribution in [0.25, 0.3) is 0 Å². The quantitative estimate of drug-likeness (QED) is 0.825. The predicted octanol–water partition coefficient (Wildman–Crippen LogP) is 3.23. The van der Waals surface area contributed by atoms with Crippen molar-refractivity contribution in [1.82, 2.24) is 10.2 Å². The number of piperazine rings is 1. The van der Waals surface area contributed by atoms with Gasteiger partial charge in [-0.25, -0.2) is 0 Å². The van der Waals surface area contributed by atoms with Gasteiger partial charge in [0.2, 0.25) is 0 Å². The Balaban J connectivity index is 2.04. The molecule has 18 heavy (non-hydrogen) atoms. The molecule has 1 saturated heterocycles. The van der Waals surface area contributed by atoms with E-state index in [-0.39, 0.29) is 0 Å². The Bertz CT molecular complexity index is 301. The van der Waals surface area contributed by atoms with E-state index in [2.05, 4.69) is 37.1 Å². The van der Waals surface area contributed by atoms with E-state index in [9.17, 15) is 0 Å². The van der Waals surface area contributed by atoms with Crippen LogP contribution >= 0.6 is 11.6 Å². The lowest BCUT2D eigenvalue weighted by atomic mass is 9.87. The first-order chi connectivity index (χ1) is 8.60. The van der Waals surface area contributed by atoms with Gasteiger partial charge in [-0.1, -0.05) is 37.9 Å². The average Bonchev–Trinajstić information content (AvgIpc) is 3.20. The van der Waals surface area contributed by atoms with Crippen LogP contribution in [0.3, 0.4) is 0 Å². The maximum atomic E-state index is 5.71. The minimum absolute atomic E-state index is 0.324. The third kappa shape index (κ3) is 3.09. The molecule has 104 valence electrons. The van der Waals surface area contributed by atoms with Crippen molar-refractivity contribution in [1.29, 1.82) is 0 Å². The van der Waals surface area contributed by atoms with E-state index in [1.807, 2.05) is 0 Å². The molecule has 3 heteroatoms. The maximum absolute atomic E-state index is 5.71. The molecule has 0 aromatic rings. The maximum Gasteiger partial charge on any atom is 0.0309 e. The Morgan fingerprint density at radius 1 is 1.50 bits per heavy atom. The van der Waals surface area contributed by atoms with Crippen molar-refractivity contribution < 1.29 is 0 Å². The van der Waals surface area contributed by atoms with Crippen LogP contribution in [-0.2, 0) is 0 Å². The fraction of sp³-hybridized carbons (Fsp3) is 0.867. The highest BCUT2D eigenvalue weighted by molar-refractivity contribution is 6.25. The van der Waals surface area contributed by atoms with Crippen LogP contribution in [0, 0.1) is 11.8 Å². The molecule has 2 aliphatic rings. The van der Waals surface area contributed by atoms with Crippen LogP contribution in [0.2, 0.25) is 0 Å². The van der Waals surface area contributed by atoms with Crippen molar-refractivity contribution in [3.8, 4) is 0 Å². The van der Waals surface area contributed by atoms with Gasteiger partial charge in [0.15, 0.2) is 0 Å². The summed E-state index contributed by atoms with van der Waals surface area (Å²) in [4.78, 5) is 2.63. The van der Waals surface area contributed by atoms with E-state index in [4.69, 9.17) is 11.6 Å². The van der Waals surface area contributed by atoms with E-state index >= 15 is 0 Å². The van der Waals surface area contributed by atoms with Crippen molar-refractivity contribution >= 4 is 11.6 Å². The van der Waals surface area contributed by atoms with Gasteiger partial charge in [0, 0.05) is 36.8 Å². The molecule has 2 fully saturated rings. The van der Waals surface area contributed by atoms with Gasteiger partial charge in [0.25, 0.3) is 0 Å². The van der Waals surface area contributed by atoms with E-state index in [1.54, 1.807) is 5.54 Å². The average molecular weight is 271 g/mol. The van der Waals surface area contributed by atoms with Crippen LogP contribution in [0.15, 0.2) is 11.6 Å². The molecule has 0 radical (unpaired) electrons. The molecule has 1 aliphatic carbocycles. The number of nitrogens with one attached hydrogen (secondary N) is 1. The smallest absolute Gasteiger partial charge is 0.0309 e. The van der Waals surface area contributed by atoms with Gasteiger partial charge < -0.3 is 5.32 Å². The second-order valence-electron chi connectivity index (χ2n) is 6.32. The highest BCUT2D eigenvalue weighted by Crippen LogP contribution is 2.41.